The molecular formula is C18H18N2OS. The molecule has 2 aromatic heterocycles. The number of pyridine rings is 1. The first-order valence-corrected chi connectivity index (χ1v) is 8.03. The molecule has 0 amide bonds. The van der Waals surface area contributed by atoms with Crippen LogP contribution in [0.1, 0.15) is 27.7 Å². The van der Waals surface area contributed by atoms with Crippen LogP contribution in [0.2, 0.25) is 0 Å². The molecule has 0 fully saturated rings. The number of aromatic nitrogens is 1. The molecule has 0 saturated carbocycles. The third-order valence-corrected chi connectivity index (χ3v) is 4.69. The van der Waals surface area contributed by atoms with E-state index < -0.39 is 0 Å². The van der Waals surface area contributed by atoms with Gasteiger partial charge in [-0.05, 0) is 43.0 Å². The van der Waals surface area contributed by atoms with Crippen molar-refractivity contribution in [3.05, 3.63) is 86.0 Å². The lowest BCUT2D eigenvalue weighted by Crippen LogP contribution is -2.22. The van der Waals surface area contributed by atoms with E-state index in [2.05, 4.69) is 19.1 Å². The Hall–Kier alpha value is -2.17. The molecule has 3 nitrogen and oxygen atoms in total. The summed E-state index contributed by atoms with van der Waals surface area (Å²) in [6.45, 7) is 3.99. The fourth-order valence-corrected chi connectivity index (χ4v) is 3.30. The molecule has 1 aromatic carbocycles. The lowest BCUT2D eigenvalue weighted by atomic mass is 10.1. The zero-order valence-corrected chi connectivity index (χ0v) is 13.4. The summed E-state index contributed by atoms with van der Waals surface area (Å²) in [4.78, 5) is 13.3. The van der Waals surface area contributed by atoms with Gasteiger partial charge in [-0.25, -0.2) is 0 Å². The second-order valence-corrected chi connectivity index (χ2v) is 6.42. The standard InChI is InChI=1S/C18H18N2OS/c1-12-5-3-6-14(9-12)20-11-15(16(21)10-13(20)2)18(19)17-7-4-8-22-17/h3-11,18H,19H2,1-2H3. The van der Waals surface area contributed by atoms with Gasteiger partial charge in [0.05, 0.1) is 6.04 Å². The van der Waals surface area contributed by atoms with Crippen LogP contribution in [-0.4, -0.2) is 4.57 Å². The number of nitrogens with two attached hydrogens (primary N) is 1. The zero-order chi connectivity index (χ0) is 15.7. The average Bonchev–Trinajstić information content (AvgIpc) is 3.01. The topological polar surface area (TPSA) is 48.0 Å². The summed E-state index contributed by atoms with van der Waals surface area (Å²) < 4.78 is 2.02. The van der Waals surface area contributed by atoms with Crippen molar-refractivity contribution in [1.29, 1.82) is 0 Å². The molecular weight excluding hydrogens is 292 g/mol. The van der Waals surface area contributed by atoms with Crippen molar-refractivity contribution in [2.75, 3.05) is 0 Å². The molecule has 1 atom stereocenters. The van der Waals surface area contributed by atoms with Crippen molar-refractivity contribution >= 4 is 11.3 Å². The van der Waals surface area contributed by atoms with Gasteiger partial charge in [-0.2, -0.15) is 0 Å². The van der Waals surface area contributed by atoms with Crippen LogP contribution < -0.4 is 11.2 Å². The molecule has 0 saturated heterocycles. The first-order valence-electron chi connectivity index (χ1n) is 7.15. The van der Waals surface area contributed by atoms with Gasteiger partial charge in [0.1, 0.15) is 0 Å². The third kappa shape index (κ3) is 2.75. The smallest absolute Gasteiger partial charge is 0.186 e. The van der Waals surface area contributed by atoms with Gasteiger partial charge in [0.2, 0.25) is 0 Å². The highest BCUT2D eigenvalue weighted by Gasteiger charge is 2.15. The Bertz CT molecular complexity index is 850. The van der Waals surface area contributed by atoms with Crippen molar-refractivity contribution in [2.45, 2.75) is 19.9 Å². The molecule has 3 rings (SSSR count). The van der Waals surface area contributed by atoms with Gasteiger partial charge in [-0.15, -0.1) is 11.3 Å². The Morgan fingerprint density at radius 3 is 2.64 bits per heavy atom. The minimum absolute atomic E-state index is 0.0118. The Kier molecular flexibility index (Phi) is 3.96. The Morgan fingerprint density at radius 1 is 1.14 bits per heavy atom. The zero-order valence-electron chi connectivity index (χ0n) is 12.6. The molecule has 4 heteroatoms. The quantitative estimate of drug-likeness (QED) is 0.804. The van der Waals surface area contributed by atoms with Crippen molar-refractivity contribution in [1.82, 2.24) is 4.57 Å². The summed E-state index contributed by atoms with van der Waals surface area (Å²) in [5.41, 5.74) is 10.0. The average molecular weight is 310 g/mol. The van der Waals surface area contributed by atoms with E-state index in [0.29, 0.717) is 5.56 Å². The highest BCUT2D eigenvalue weighted by Crippen LogP contribution is 2.23. The fourth-order valence-electron chi connectivity index (χ4n) is 2.56. The second-order valence-electron chi connectivity index (χ2n) is 5.44. The molecule has 22 heavy (non-hydrogen) atoms. The Morgan fingerprint density at radius 2 is 1.95 bits per heavy atom. The molecule has 0 aliphatic rings. The SMILES string of the molecule is Cc1cccc(-n2cc(C(N)c3cccs3)c(=O)cc2C)c1. The molecule has 0 bridgehead atoms. The fraction of sp³-hybridized carbons (Fsp3) is 0.167. The van der Waals surface area contributed by atoms with Gasteiger partial charge in [-0.3, -0.25) is 4.79 Å². The number of rotatable bonds is 3. The highest BCUT2D eigenvalue weighted by atomic mass is 32.1. The largest absolute Gasteiger partial charge is 0.321 e. The number of aryl methyl sites for hydroxylation is 2. The van der Waals surface area contributed by atoms with Crippen LogP contribution in [0.3, 0.4) is 0 Å². The van der Waals surface area contributed by atoms with Crippen molar-refractivity contribution in [2.24, 2.45) is 5.73 Å². The molecule has 0 aliphatic heterocycles. The normalized spacial score (nSPS) is 12.3. The van der Waals surface area contributed by atoms with Gasteiger partial charge in [0, 0.05) is 34.1 Å². The van der Waals surface area contributed by atoms with Crippen LogP contribution >= 0.6 is 11.3 Å². The number of thiophene rings is 1. The van der Waals surface area contributed by atoms with E-state index in [-0.39, 0.29) is 11.5 Å². The first kappa shape index (κ1) is 14.8. The predicted molar refractivity (Wildman–Crippen MR) is 91.9 cm³/mol. The lowest BCUT2D eigenvalue weighted by Gasteiger charge is -2.16. The molecule has 2 heterocycles. The van der Waals surface area contributed by atoms with Crippen molar-refractivity contribution in [3.63, 3.8) is 0 Å². The minimum atomic E-state index is -0.385. The minimum Gasteiger partial charge on any atom is -0.321 e. The maximum Gasteiger partial charge on any atom is 0.186 e. The Labute approximate surface area is 133 Å². The summed E-state index contributed by atoms with van der Waals surface area (Å²) in [6.07, 6.45) is 1.87. The van der Waals surface area contributed by atoms with E-state index in [1.807, 2.05) is 47.3 Å². The van der Waals surface area contributed by atoms with Crippen LogP contribution in [0, 0.1) is 13.8 Å². The van der Waals surface area contributed by atoms with Crippen LogP contribution in [0.4, 0.5) is 0 Å². The monoisotopic (exact) mass is 310 g/mol. The summed E-state index contributed by atoms with van der Waals surface area (Å²) in [7, 11) is 0. The Balaban J connectivity index is 2.13. The van der Waals surface area contributed by atoms with Crippen LogP contribution in [0.25, 0.3) is 5.69 Å². The third-order valence-electron chi connectivity index (χ3n) is 3.74. The van der Waals surface area contributed by atoms with Gasteiger partial charge in [0.15, 0.2) is 5.43 Å². The first-order chi connectivity index (χ1) is 10.6. The maximum absolute atomic E-state index is 12.3. The van der Waals surface area contributed by atoms with Gasteiger partial charge < -0.3 is 10.3 Å². The number of hydrogen-bond donors (Lipinski definition) is 1. The van der Waals surface area contributed by atoms with Crippen molar-refractivity contribution in [3.8, 4) is 5.69 Å². The lowest BCUT2D eigenvalue weighted by molar-refractivity contribution is 0.842. The summed E-state index contributed by atoms with van der Waals surface area (Å²) in [5.74, 6) is 0. The number of benzene rings is 1. The van der Waals surface area contributed by atoms with E-state index in [1.165, 1.54) is 5.56 Å². The van der Waals surface area contributed by atoms with Gasteiger partial charge in [0.25, 0.3) is 0 Å². The predicted octanol–water partition coefficient (Wildman–Crippen LogP) is 3.56. The maximum atomic E-state index is 12.3. The van der Waals surface area contributed by atoms with Crippen LogP contribution in [0.5, 0.6) is 0 Å². The molecule has 0 aliphatic carbocycles. The van der Waals surface area contributed by atoms with E-state index in [0.717, 1.165) is 16.3 Å². The van der Waals surface area contributed by atoms with Gasteiger partial charge in [-0.1, -0.05) is 18.2 Å². The van der Waals surface area contributed by atoms with E-state index in [1.54, 1.807) is 17.4 Å². The summed E-state index contributed by atoms with van der Waals surface area (Å²) in [6, 6.07) is 13.4. The van der Waals surface area contributed by atoms with Gasteiger partial charge >= 0.3 is 0 Å². The molecule has 0 radical (unpaired) electrons. The molecule has 0 spiro atoms. The second kappa shape index (κ2) is 5.91. The highest BCUT2D eigenvalue weighted by molar-refractivity contribution is 7.10. The number of nitrogens with zero attached hydrogens (tertiary/aromatic N) is 1. The van der Waals surface area contributed by atoms with E-state index in [9.17, 15) is 4.79 Å². The molecule has 3 aromatic rings. The van der Waals surface area contributed by atoms with E-state index in [4.69, 9.17) is 5.73 Å². The van der Waals surface area contributed by atoms with Crippen molar-refractivity contribution < 1.29 is 0 Å². The molecule has 2 N–H and O–H groups in total. The molecule has 112 valence electrons. The molecule has 1 unspecified atom stereocenters. The summed E-state index contributed by atoms with van der Waals surface area (Å²) in [5, 5.41) is 1.97. The number of hydrogen-bond acceptors (Lipinski definition) is 3. The van der Waals surface area contributed by atoms with E-state index >= 15 is 0 Å². The van der Waals surface area contributed by atoms with Crippen LogP contribution in [0.15, 0.2) is 58.8 Å². The summed E-state index contributed by atoms with van der Waals surface area (Å²) >= 11 is 1.57. The van der Waals surface area contributed by atoms with Crippen LogP contribution in [-0.2, 0) is 0 Å².